The van der Waals surface area contributed by atoms with Gasteiger partial charge in [-0.1, -0.05) is 29.3 Å². The molecule has 11 heteroatoms. The van der Waals surface area contributed by atoms with Gasteiger partial charge in [0.1, 0.15) is 22.2 Å². The van der Waals surface area contributed by atoms with Gasteiger partial charge in [0, 0.05) is 12.3 Å². The summed E-state index contributed by atoms with van der Waals surface area (Å²) < 4.78 is 37.0. The van der Waals surface area contributed by atoms with Crippen LogP contribution in [0.3, 0.4) is 0 Å². The number of rotatable bonds is 5. The molecular formula is C17H11Cl2N3O5S. The zero-order valence-electron chi connectivity index (χ0n) is 13.8. The molecule has 2 N–H and O–H groups in total. The predicted octanol–water partition coefficient (Wildman–Crippen LogP) is 5.55. The number of benzene rings is 2. The minimum absolute atomic E-state index is 0.0554. The topological polar surface area (TPSA) is 121 Å². The van der Waals surface area contributed by atoms with Gasteiger partial charge in [-0.15, -0.1) is 5.11 Å². The molecule has 0 saturated heterocycles. The standard InChI is InChI=1S/C17H11Cl2N3O5S/c18-10-6-14(19)17(20-9-10)27-12-4-5-16(23)15(8-12)22-21-11-2-1-3-13(7-11)28(24,25)26/h1-9,23H,(H,24,25,26). The van der Waals surface area contributed by atoms with Crippen LogP contribution in [0.4, 0.5) is 11.4 Å². The van der Waals surface area contributed by atoms with Crippen molar-refractivity contribution in [3.63, 3.8) is 0 Å². The highest BCUT2D eigenvalue weighted by Gasteiger charge is 2.11. The highest BCUT2D eigenvalue weighted by atomic mass is 35.5. The minimum Gasteiger partial charge on any atom is -0.506 e. The summed E-state index contributed by atoms with van der Waals surface area (Å²) in [5.41, 5.74) is 0.211. The van der Waals surface area contributed by atoms with E-state index in [9.17, 15) is 13.5 Å². The largest absolute Gasteiger partial charge is 0.506 e. The number of hydrogen-bond donors (Lipinski definition) is 2. The van der Waals surface area contributed by atoms with Crippen molar-refractivity contribution in [2.45, 2.75) is 4.90 Å². The van der Waals surface area contributed by atoms with E-state index in [2.05, 4.69) is 15.2 Å². The van der Waals surface area contributed by atoms with E-state index in [0.29, 0.717) is 5.02 Å². The summed E-state index contributed by atoms with van der Waals surface area (Å²) in [6, 6.07) is 10.9. The third-order valence-corrected chi connectivity index (χ3v) is 4.65. The fourth-order valence-electron chi connectivity index (χ4n) is 2.05. The molecule has 3 aromatic rings. The molecule has 0 spiro atoms. The van der Waals surface area contributed by atoms with Crippen LogP contribution in [-0.4, -0.2) is 23.1 Å². The highest BCUT2D eigenvalue weighted by Crippen LogP contribution is 2.35. The van der Waals surface area contributed by atoms with Crippen molar-refractivity contribution in [2.75, 3.05) is 0 Å². The SMILES string of the molecule is O=S(=O)(O)c1cccc(N=Nc2cc(Oc3ncc(Cl)cc3Cl)ccc2O)c1. The van der Waals surface area contributed by atoms with E-state index in [1.165, 1.54) is 48.7 Å². The van der Waals surface area contributed by atoms with Gasteiger partial charge in [0.2, 0.25) is 5.88 Å². The molecule has 0 saturated carbocycles. The minimum atomic E-state index is -4.36. The third-order valence-electron chi connectivity index (χ3n) is 3.32. The van der Waals surface area contributed by atoms with Crippen LogP contribution in [0.25, 0.3) is 0 Å². The molecule has 0 unspecified atom stereocenters. The molecule has 0 amide bonds. The molecule has 144 valence electrons. The highest BCUT2D eigenvalue weighted by molar-refractivity contribution is 7.85. The number of azo groups is 1. The number of hydrogen-bond acceptors (Lipinski definition) is 7. The summed E-state index contributed by atoms with van der Waals surface area (Å²) in [5.74, 6) is 0.202. The second kappa shape index (κ2) is 8.11. The van der Waals surface area contributed by atoms with Gasteiger partial charge < -0.3 is 9.84 Å². The van der Waals surface area contributed by atoms with Gasteiger partial charge in [0.05, 0.1) is 15.6 Å². The Bertz CT molecular complexity index is 1170. The van der Waals surface area contributed by atoms with Crippen LogP contribution in [0.1, 0.15) is 0 Å². The molecule has 2 aromatic carbocycles. The van der Waals surface area contributed by atoms with Gasteiger partial charge in [-0.05, 0) is 36.4 Å². The van der Waals surface area contributed by atoms with Crippen LogP contribution in [-0.2, 0) is 10.1 Å². The molecule has 0 atom stereocenters. The molecule has 0 fully saturated rings. The van der Waals surface area contributed by atoms with Gasteiger partial charge in [0.25, 0.3) is 10.1 Å². The Morgan fingerprint density at radius 1 is 1.04 bits per heavy atom. The van der Waals surface area contributed by atoms with Crippen molar-refractivity contribution in [3.8, 4) is 17.4 Å². The smallest absolute Gasteiger partial charge is 0.294 e. The van der Waals surface area contributed by atoms with Crippen molar-refractivity contribution in [3.05, 3.63) is 64.8 Å². The van der Waals surface area contributed by atoms with E-state index in [-0.39, 0.29) is 38.7 Å². The van der Waals surface area contributed by atoms with Gasteiger partial charge in [0.15, 0.2) is 0 Å². The molecule has 0 bridgehead atoms. The quantitative estimate of drug-likeness (QED) is 0.396. The third kappa shape index (κ3) is 4.96. The molecule has 3 rings (SSSR count). The Hall–Kier alpha value is -2.72. The second-order valence-corrected chi connectivity index (χ2v) is 7.63. The Morgan fingerprint density at radius 2 is 1.82 bits per heavy atom. The van der Waals surface area contributed by atoms with Crippen molar-refractivity contribution < 1.29 is 22.8 Å². The molecule has 8 nitrogen and oxygen atoms in total. The van der Waals surface area contributed by atoms with E-state index < -0.39 is 10.1 Å². The van der Waals surface area contributed by atoms with E-state index in [1.807, 2.05) is 0 Å². The summed E-state index contributed by atoms with van der Waals surface area (Å²) in [6.45, 7) is 0. The molecule has 0 aliphatic heterocycles. The Kier molecular flexibility index (Phi) is 5.80. The van der Waals surface area contributed by atoms with Crippen molar-refractivity contribution >= 4 is 44.7 Å². The van der Waals surface area contributed by atoms with E-state index in [1.54, 1.807) is 0 Å². The van der Waals surface area contributed by atoms with Gasteiger partial charge in [-0.3, -0.25) is 4.55 Å². The van der Waals surface area contributed by atoms with Crippen LogP contribution in [0, 0.1) is 0 Å². The summed E-state index contributed by atoms with van der Waals surface area (Å²) in [7, 11) is -4.36. The lowest BCUT2D eigenvalue weighted by Gasteiger charge is -2.07. The average Bonchev–Trinajstić information content (AvgIpc) is 2.64. The van der Waals surface area contributed by atoms with Crippen molar-refractivity contribution in [1.29, 1.82) is 0 Å². The van der Waals surface area contributed by atoms with Crippen LogP contribution < -0.4 is 4.74 Å². The van der Waals surface area contributed by atoms with Gasteiger partial charge in [-0.25, -0.2) is 4.98 Å². The fourth-order valence-corrected chi connectivity index (χ4v) is 2.99. The van der Waals surface area contributed by atoms with Crippen LogP contribution in [0.5, 0.6) is 17.4 Å². The molecule has 0 aliphatic carbocycles. The Morgan fingerprint density at radius 3 is 2.54 bits per heavy atom. The van der Waals surface area contributed by atoms with E-state index in [4.69, 9.17) is 32.5 Å². The van der Waals surface area contributed by atoms with Crippen molar-refractivity contribution in [2.24, 2.45) is 10.2 Å². The van der Waals surface area contributed by atoms with Crippen LogP contribution in [0.15, 0.2) is 69.9 Å². The molecule has 28 heavy (non-hydrogen) atoms. The Labute approximate surface area is 169 Å². The lowest BCUT2D eigenvalue weighted by molar-refractivity contribution is 0.455. The maximum absolute atomic E-state index is 11.2. The number of phenols is 1. The lowest BCUT2D eigenvalue weighted by Crippen LogP contribution is -1.96. The summed E-state index contributed by atoms with van der Waals surface area (Å²) >= 11 is 11.8. The number of pyridine rings is 1. The number of aromatic hydroxyl groups is 1. The fraction of sp³-hybridized carbons (Fsp3) is 0. The molecule has 1 heterocycles. The van der Waals surface area contributed by atoms with Gasteiger partial charge >= 0.3 is 0 Å². The first-order valence-electron chi connectivity index (χ1n) is 7.53. The number of halogens is 2. The van der Waals surface area contributed by atoms with E-state index in [0.717, 1.165) is 6.07 Å². The number of nitrogens with zero attached hydrogens (tertiary/aromatic N) is 3. The van der Waals surface area contributed by atoms with Gasteiger partial charge in [-0.2, -0.15) is 13.5 Å². The lowest BCUT2D eigenvalue weighted by atomic mass is 10.3. The maximum atomic E-state index is 11.2. The monoisotopic (exact) mass is 439 g/mol. The first-order valence-corrected chi connectivity index (χ1v) is 9.73. The maximum Gasteiger partial charge on any atom is 0.294 e. The number of ether oxygens (including phenoxy) is 1. The molecule has 0 radical (unpaired) electrons. The zero-order valence-corrected chi connectivity index (χ0v) is 16.1. The predicted molar refractivity (Wildman–Crippen MR) is 103 cm³/mol. The molecule has 0 aliphatic rings. The van der Waals surface area contributed by atoms with Crippen LogP contribution in [0.2, 0.25) is 10.0 Å². The van der Waals surface area contributed by atoms with E-state index >= 15 is 0 Å². The van der Waals surface area contributed by atoms with Crippen molar-refractivity contribution in [1.82, 2.24) is 4.98 Å². The number of aromatic nitrogens is 1. The molecular weight excluding hydrogens is 429 g/mol. The second-order valence-electron chi connectivity index (χ2n) is 5.37. The first kappa shape index (κ1) is 20.0. The molecule has 1 aromatic heterocycles. The first-order chi connectivity index (χ1) is 13.2. The summed E-state index contributed by atoms with van der Waals surface area (Å²) in [4.78, 5) is 3.64. The summed E-state index contributed by atoms with van der Waals surface area (Å²) in [5, 5.41) is 18.2. The Balaban J connectivity index is 1.87. The zero-order chi connectivity index (χ0) is 20.3. The number of phenolic OH excluding ortho intramolecular Hbond substituents is 1. The average molecular weight is 440 g/mol. The summed E-state index contributed by atoms with van der Waals surface area (Å²) in [6.07, 6.45) is 1.37. The van der Waals surface area contributed by atoms with Crippen LogP contribution >= 0.6 is 23.2 Å². The normalized spacial score (nSPS) is 11.7.